The molecule has 0 saturated carbocycles. The van der Waals surface area contributed by atoms with Crippen LogP contribution < -0.4 is 0 Å². The Balaban J connectivity index is 3.22. The number of amides is 1. The molecule has 0 aromatic heterocycles. The van der Waals surface area contributed by atoms with Crippen LogP contribution in [-0.2, 0) is 9.53 Å². The highest BCUT2D eigenvalue weighted by molar-refractivity contribution is 9.10. The zero-order valence-corrected chi connectivity index (χ0v) is 15.2. The lowest BCUT2D eigenvalue weighted by Crippen LogP contribution is -2.42. The highest BCUT2D eigenvalue weighted by atomic mass is 79.9. The third-order valence-electron chi connectivity index (χ3n) is 2.77. The van der Waals surface area contributed by atoms with Gasteiger partial charge in [-0.25, -0.2) is 9.59 Å². The van der Waals surface area contributed by atoms with Crippen LogP contribution >= 0.6 is 27.5 Å². The van der Waals surface area contributed by atoms with Crippen molar-refractivity contribution in [1.29, 1.82) is 0 Å². The minimum Gasteiger partial charge on any atom is -0.479 e. The molecule has 1 unspecified atom stereocenters. The number of rotatable bonds is 4. The van der Waals surface area contributed by atoms with E-state index in [0.717, 1.165) is 9.37 Å². The highest BCUT2D eigenvalue weighted by Crippen LogP contribution is 2.31. The Labute approximate surface area is 143 Å². The molecule has 0 fully saturated rings. The van der Waals surface area contributed by atoms with Crippen LogP contribution in [0.4, 0.5) is 4.79 Å². The van der Waals surface area contributed by atoms with Gasteiger partial charge in [-0.3, -0.25) is 4.90 Å². The first kappa shape index (κ1) is 18.8. The maximum Gasteiger partial charge on any atom is 0.411 e. The van der Waals surface area contributed by atoms with Crippen LogP contribution in [0.3, 0.4) is 0 Å². The summed E-state index contributed by atoms with van der Waals surface area (Å²) in [6.45, 7) is 7.04. The third-order valence-corrected chi connectivity index (χ3v) is 3.59. The van der Waals surface area contributed by atoms with Gasteiger partial charge < -0.3 is 9.84 Å². The third kappa shape index (κ3) is 4.88. The van der Waals surface area contributed by atoms with Gasteiger partial charge >= 0.3 is 12.1 Å². The molecule has 1 aromatic rings. The van der Waals surface area contributed by atoms with Crippen molar-refractivity contribution in [2.45, 2.75) is 39.3 Å². The van der Waals surface area contributed by atoms with Crippen molar-refractivity contribution in [3.63, 3.8) is 0 Å². The molecular formula is C15H19BrClNO4. The molecule has 7 heteroatoms. The van der Waals surface area contributed by atoms with E-state index in [4.69, 9.17) is 16.3 Å². The lowest BCUT2D eigenvalue weighted by Gasteiger charge is -2.31. The summed E-state index contributed by atoms with van der Waals surface area (Å²) in [6, 6.07) is 3.65. The minimum absolute atomic E-state index is 0.179. The summed E-state index contributed by atoms with van der Waals surface area (Å²) in [5.74, 6) is -1.17. The highest BCUT2D eigenvalue weighted by Gasteiger charge is 2.34. The number of hydrogen-bond donors (Lipinski definition) is 1. The number of benzene rings is 1. The first-order valence-electron chi connectivity index (χ1n) is 6.74. The van der Waals surface area contributed by atoms with Crippen LogP contribution in [0.1, 0.15) is 39.3 Å². The van der Waals surface area contributed by atoms with E-state index >= 15 is 0 Å². The zero-order chi connectivity index (χ0) is 17.1. The predicted molar refractivity (Wildman–Crippen MR) is 88.1 cm³/mol. The van der Waals surface area contributed by atoms with E-state index in [2.05, 4.69) is 15.9 Å². The van der Waals surface area contributed by atoms with Crippen LogP contribution in [0, 0.1) is 0 Å². The molecule has 122 valence electrons. The smallest absolute Gasteiger partial charge is 0.411 e. The number of carboxylic acid groups (broad SMARTS) is 1. The Morgan fingerprint density at radius 3 is 2.41 bits per heavy atom. The molecule has 1 N–H and O–H groups in total. The summed E-state index contributed by atoms with van der Waals surface area (Å²) in [4.78, 5) is 25.1. The maximum atomic E-state index is 12.3. The Kier molecular flexibility index (Phi) is 6.26. The summed E-state index contributed by atoms with van der Waals surface area (Å²) in [5, 5.41) is 9.82. The summed E-state index contributed by atoms with van der Waals surface area (Å²) >= 11 is 9.40. The van der Waals surface area contributed by atoms with Crippen molar-refractivity contribution in [3.05, 3.63) is 33.3 Å². The molecule has 0 radical (unpaired) electrons. The van der Waals surface area contributed by atoms with Gasteiger partial charge in [0, 0.05) is 21.6 Å². The van der Waals surface area contributed by atoms with Crippen molar-refractivity contribution in [1.82, 2.24) is 4.90 Å². The monoisotopic (exact) mass is 391 g/mol. The van der Waals surface area contributed by atoms with Crippen molar-refractivity contribution >= 4 is 39.6 Å². The molecular weight excluding hydrogens is 374 g/mol. The van der Waals surface area contributed by atoms with E-state index in [0.29, 0.717) is 5.56 Å². The Morgan fingerprint density at radius 1 is 1.41 bits per heavy atom. The van der Waals surface area contributed by atoms with Gasteiger partial charge in [-0.05, 0) is 39.8 Å². The quantitative estimate of drug-likeness (QED) is 0.820. The average Bonchev–Trinajstić information content (AvgIpc) is 2.34. The van der Waals surface area contributed by atoms with Crippen LogP contribution in [0.15, 0.2) is 22.7 Å². The summed E-state index contributed by atoms with van der Waals surface area (Å²) < 4.78 is 6.01. The van der Waals surface area contributed by atoms with Crippen molar-refractivity contribution < 1.29 is 19.4 Å². The number of carboxylic acids is 1. The average molecular weight is 393 g/mol. The molecule has 0 aliphatic carbocycles. The van der Waals surface area contributed by atoms with Crippen molar-refractivity contribution in [2.24, 2.45) is 0 Å². The molecule has 1 aromatic carbocycles. The molecule has 0 aliphatic rings. The first-order chi connectivity index (χ1) is 10.1. The predicted octanol–water partition coefficient (Wildman–Crippen LogP) is 4.49. The Hall–Kier alpha value is -1.27. The van der Waals surface area contributed by atoms with Gasteiger partial charge in [0.1, 0.15) is 5.60 Å². The van der Waals surface area contributed by atoms with Gasteiger partial charge in [-0.1, -0.05) is 33.6 Å². The van der Waals surface area contributed by atoms with E-state index in [1.165, 1.54) is 0 Å². The summed E-state index contributed by atoms with van der Waals surface area (Å²) in [5.41, 5.74) is -0.373. The van der Waals surface area contributed by atoms with Crippen LogP contribution in [-0.4, -0.2) is 34.2 Å². The first-order valence-corrected chi connectivity index (χ1v) is 7.91. The lowest BCUT2D eigenvalue weighted by atomic mass is 10.1. The van der Waals surface area contributed by atoms with Gasteiger partial charge in [-0.15, -0.1) is 0 Å². The second kappa shape index (κ2) is 7.33. The number of carbonyl (C=O) groups is 2. The van der Waals surface area contributed by atoms with E-state index < -0.39 is 23.7 Å². The molecule has 1 rings (SSSR count). The summed E-state index contributed by atoms with van der Waals surface area (Å²) in [7, 11) is 0. The topological polar surface area (TPSA) is 66.8 Å². The maximum absolute atomic E-state index is 12.3. The van der Waals surface area contributed by atoms with E-state index in [-0.39, 0.29) is 11.6 Å². The zero-order valence-electron chi connectivity index (χ0n) is 12.9. The molecule has 0 heterocycles. The van der Waals surface area contributed by atoms with Gasteiger partial charge in [0.25, 0.3) is 0 Å². The normalized spacial score (nSPS) is 12.6. The van der Waals surface area contributed by atoms with Gasteiger partial charge in [0.2, 0.25) is 0 Å². The van der Waals surface area contributed by atoms with Crippen LogP contribution in [0.25, 0.3) is 0 Å². The van der Waals surface area contributed by atoms with Crippen LogP contribution in [0.2, 0.25) is 5.02 Å². The largest absolute Gasteiger partial charge is 0.479 e. The molecule has 0 bridgehead atoms. The molecule has 0 spiro atoms. The molecule has 1 amide bonds. The lowest BCUT2D eigenvalue weighted by molar-refractivity contribution is -0.143. The van der Waals surface area contributed by atoms with Gasteiger partial charge in [0.05, 0.1) is 0 Å². The standard InChI is InChI=1S/C15H19BrClNO4/c1-5-18(14(21)22-15(2,3)4)12(13(19)20)10-7-6-9(16)8-11(10)17/h6-8,12H,5H2,1-4H3,(H,19,20). The molecule has 5 nitrogen and oxygen atoms in total. The fraction of sp³-hybridized carbons (Fsp3) is 0.467. The Morgan fingerprint density at radius 2 is 2.00 bits per heavy atom. The molecule has 0 saturated heterocycles. The van der Waals surface area contributed by atoms with Gasteiger partial charge in [0.15, 0.2) is 6.04 Å². The number of halogens is 2. The van der Waals surface area contributed by atoms with Gasteiger partial charge in [-0.2, -0.15) is 0 Å². The SMILES string of the molecule is CCN(C(=O)OC(C)(C)C)C(C(=O)O)c1ccc(Br)cc1Cl. The van der Waals surface area contributed by atoms with E-state index in [1.54, 1.807) is 45.9 Å². The molecule has 1 atom stereocenters. The van der Waals surface area contributed by atoms with Crippen molar-refractivity contribution in [3.8, 4) is 0 Å². The molecule has 0 aliphatic heterocycles. The van der Waals surface area contributed by atoms with E-state index in [1.807, 2.05) is 0 Å². The molecule has 22 heavy (non-hydrogen) atoms. The van der Waals surface area contributed by atoms with Crippen molar-refractivity contribution in [2.75, 3.05) is 6.54 Å². The Bertz CT molecular complexity index is 571. The second-order valence-electron chi connectivity index (χ2n) is 5.67. The number of nitrogens with zero attached hydrogens (tertiary/aromatic N) is 1. The number of carbonyl (C=O) groups excluding carboxylic acids is 1. The summed E-state index contributed by atoms with van der Waals surface area (Å²) in [6.07, 6.45) is -0.693. The fourth-order valence-electron chi connectivity index (χ4n) is 1.90. The number of hydrogen-bond acceptors (Lipinski definition) is 3. The number of aliphatic carboxylic acids is 1. The minimum atomic E-state index is -1.21. The number of ether oxygens (including phenoxy) is 1. The van der Waals surface area contributed by atoms with Crippen LogP contribution in [0.5, 0.6) is 0 Å². The van der Waals surface area contributed by atoms with E-state index in [9.17, 15) is 14.7 Å². The second-order valence-corrected chi connectivity index (χ2v) is 7.00. The number of likely N-dealkylation sites (N-methyl/N-ethyl adjacent to an activating group) is 1. The fourth-order valence-corrected chi connectivity index (χ4v) is 2.67.